The number of nitrogens with zero attached hydrogens (tertiary/aromatic N) is 6. The maximum absolute atomic E-state index is 4.91. The lowest BCUT2D eigenvalue weighted by molar-refractivity contribution is 0.220. The van der Waals surface area contributed by atoms with Gasteiger partial charge in [-0.25, -0.2) is 9.67 Å². The smallest absolute Gasteiger partial charge is 0.131 e. The van der Waals surface area contributed by atoms with E-state index in [9.17, 15) is 0 Å². The van der Waals surface area contributed by atoms with Gasteiger partial charge in [0.15, 0.2) is 0 Å². The molecule has 0 aliphatic carbocycles. The van der Waals surface area contributed by atoms with Crippen LogP contribution in [-0.2, 0) is 13.1 Å². The monoisotopic (exact) mass is 432 g/mol. The largest absolute Gasteiger partial charge is 0.325 e. The molecule has 8 heteroatoms. The van der Waals surface area contributed by atoms with Gasteiger partial charge in [0.2, 0.25) is 0 Å². The second-order valence-electron chi connectivity index (χ2n) is 7.31. The average Bonchev–Trinajstić information content (AvgIpc) is 3.29. The van der Waals surface area contributed by atoms with Crippen LogP contribution in [0.1, 0.15) is 25.1 Å². The summed E-state index contributed by atoms with van der Waals surface area (Å²) >= 11 is 0. The molecule has 4 aromatic rings. The molecule has 0 atom stereocenters. The van der Waals surface area contributed by atoms with Crippen molar-refractivity contribution in [1.82, 2.24) is 29.4 Å². The standard InChI is InChI=1S/C21H24N6.2ClH/c1-6-12-25(13-7-1)14-15-26-19-10-4-2-8-17(19)22-21(26)16-27-20-11-5-3-9-18(20)23-24-27;;/h2-5,8-11H,1,6-7,12-16H2;2*1H. The molecule has 0 saturated carbocycles. The van der Waals surface area contributed by atoms with E-state index < -0.39 is 0 Å². The highest BCUT2D eigenvalue weighted by atomic mass is 35.5. The Labute approximate surface area is 182 Å². The lowest BCUT2D eigenvalue weighted by Gasteiger charge is -2.26. The van der Waals surface area contributed by atoms with Crippen LogP contribution in [0, 0.1) is 0 Å². The highest BCUT2D eigenvalue weighted by Crippen LogP contribution is 2.19. The Kier molecular flexibility index (Phi) is 7.11. The molecule has 3 heterocycles. The van der Waals surface area contributed by atoms with Crippen LogP contribution in [-0.4, -0.2) is 49.1 Å². The van der Waals surface area contributed by atoms with Gasteiger partial charge in [0.1, 0.15) is 17.9 Å². The van der Waals surface area contributed by atoms with Gasteiger partial charge in [-0.05, 0) is 50.2 Å². The summed E-state index contributed by atoms with van der Waals surface area (Å²) in [6.07, 6.45) is 4.01. The highest BCUT2D eigenvalue weighted by Gasteiger charge is 2.15. The minimum Gasteiger partial charge on any atom is -0.325 e. The summed E-state index contributed by atoms with van der Waals surface area (Å²) in [6.45, 7) is 5.11. The van der Waals surface area contributed by atoms with E-state index in [0.29, 0.717) is 6.54 Å². The van der Waals surface area contributed by atoms with Crippen molar-refractivity contribution in [2.45, 2.75) is 32.4 Å². The minimum absolute atomic E-state index is 0. The predicted molar refractivity (Wildman–Crippen MR) is 121 cm³/mol. The molecule has 1 saturated heterocycles. The molecule has 0 spiro atoms. The van der Waals surface area contributed by atoms with E-state index in [1.165, 1.54) is 37.9 Å². The number of rotatable bonds is 5. The van der Waals surface area contributed by atoms with E-state index >= 15 is 0 Å². The summed E-state index contributed by atoms with van der Waals surface area (Å²) in [6, 6.07) is 16.5. The number of fused-ring (bicyclic) bond motifs is 2. The number of para-hydroxylation sites is 3. The number of hydrogen-bond acceptors (Lipinski definition) is 4. The fraction of sp³-hybridized carbons (Fsp3) is 0.381. The topological polar surface area (TPSA) is 51.8 Å². The zero-order valence-corrected chi connectivity index (χ0v) is 17.9. The number of aromatic nitrogens is 5. The van der Waals surface area contributed by atoms with Crippen molar-refractivity contribution in [1.29, 1.82) is 0 Å². The van der Waals surface area contributed by atoms with Gasteiger partial charge < -0.3 is 9.47 Å². The lowest BCUT2D eigenvalue weighted by atomic mass is 10.1. The molecule has 0 radical (unpaired) electrons. The van der Waals surface area contributed by atoms with Crippen LogP contribution in [0.5, 0.6) is 0 Å². The van der Waals surface area contributed by atoms with E-state index in [-0.39, 0.29) is 24.8 Å². The van der Waals surface area contributed by atoms with Crippen molar-refractivity contribution in [2.24, 2.45) is 0 Å². The van der Waals surface area contributed by atoms with Gasteiger partial charge in [0.05, 0.1) is 16.6 Å². The molecule has 154 valence electrons. The van der Waals surface area contributed by atoms with Crippen LogP contribution >= 0.6 is 24.8 Å². The summed E-state index contributed by atoms with van der Waals surface area (Å²) < 4.78 is 4.31. The van der Waals surface area contributed by atoms with Gasteiger partial charge in [-0.1, -0.05) is 35.9 Å². The summed E-state index contributed by atoms with van der Waals surface area (Å²) in [7, 11) is 0. The lowest BCUT2D eigenvalue weighted by Crippen LogP contribution is -2.32. The fourth-order valence-electron chi connectivity index (χ4n) is 4.09. The molecule has 1 aliphatic rings. The molecule has 29 heavy (non-hydrogen) atoms. The molecule has 2 aromatic carbocycles. The number of imidazole rings is 1. The summed E-state index contributed by atoms with van der Waals surface area (Å²) in [5.74, 6) is 1.05. The molecule has 5 rings (SSSR count). The van der Waals surface area contributed by atoms with Crippen LogP contribution in [0.3, 0.4) is 0 Å². The van der Waals surface area contributed by atoms with Gasteiger partial charge in [0, 0.05) is 13.1 Å². The van der Waals surface area contributed by atoms with Crippen molar-refractivity contribution in [3.05, 3.63) is 54.4 Å². The Hall–Kier alpha value is -2.15. The first-order valence-electron chi connectivity index (χ1n) is 9.83. The van der Waals surface area contributed by atoms with E-state index in [4.69, 9.17) is 4.98 Å². The van der Waals surface area contributed by atoms with Gasteiger partial charge in [-0.2, -0.15) is 0 Å². The SMILES string of the molecule is Cl.Cl.c1ccc2c(c1)nnn2Cc1nc2ccccc2n1CCN1CCCCC1. The third-order valence-corrected chi connectivity index (χ3v) is 5.53. The van der Waals surface area contributed by atoms with Gasteiger partial charge in [-0.3, -0.25) is 0 Å². The summed E-state index contributed by atoms with van der Waals surface area (Å²) in [5.41, 5.74) is 4.23. The molecular formula is C21H26Cl2N6. The maximum atomic E-state index is 4.91. The third kappa shape index (κ3) is 4.39. The fourth-order valence-corrected chi connectivity index (χ4v) is 4.09. The highest BCUT2D eigenvalue weighted by molar-refractivity contribution is 5.85. The quantitative estimate of drug-likeness (QED) is 0.474. The van der Waals surface area contributed by atoms with Crippen molar-refractivity contribution in [2.75, 3.05) is 19.6 Å². The van der Waals surface area contributed by atoms with Crippen molar-refractivity contribution in [3.8, 4) is 0 Å². The van der Waals surface area contributed by atoms with Crippen molar-refractivity contribution < 1.29 is 0 Å². The van der Waals surface area contributed by atoms with Crippen molar-refractivity contribution >= 4 is 46.9 Å². The molecule has 0 unspecified atom stereocenters. The number of halogens is 2. The summed E-state index contributed by atoms with van der Waals surface area (Å²) in [4.78, 5) is 7.49. The van der Waals surface area contributed by atoms with Gasteiger partial charge in [0.25, 0.3) is 0 Å². The normalized spacial score (nSPS) is 14.6. The zero-order chi connectivity index (χ0) is 18.1. The Morgan fingerprint density at radius 2 is 1.45 bits per heavy atom. The number of benzene rings is 2. The molecule has 0 bridgehead atoms. The molecule has 1 aliphatic heterocycles. The number of hydrogen-bond donors (Lipinski definition) is 0. The van der Waals surface area contributed by atoms with E-state index in [0.717, 1.165) is 35.5 Å². The van der Waals surface area contributed by atoms with Crippen LogP contribution < -0.4 is 0 Å². The third-order valence-electron chi connectivity index (χ3n) is 5.53. The molecule has 1 fully saturated rings. The maximum Gasteiger partial charge on any atom is 0.131 e. The Morgan fingerprint density at radius 1 is 0.759 bits per heavy atom. The predicted octanol–water partition coefficient (Wildman–Crippen LogP) is 4.16. The Balaban J connectivity index is 0.00000120. The first-order valence-corrected chi connectivity index (χ1v) is 9.83. The number of piperidine rings is 1. The molecular weight excluding hydrogens is 407 g/mol. The van der Waals surface area contributed by atoms with E-state index in [1.54, 1.807) is 0 Å². The van der Waals surface area contributed by atoms with Crippen LogP contribution in [0.2, 0.25) is 0 Å². The Morgan fingerprint density at radius 3 is 2.24 bits per heavy atom. The summed E-state index contributed by atoms with van der Waals surface area (Å²) in [5, 5.41) is 8.64. The van der Waals surface area contributed by atoms with Crippen molar-refractivity contribution in [3.63, 3.8) is 0 Å². The first kappa shape index (κ1) is 21.6. The van der Waals surface area contributed by atoms with Gasteiger partial charge >= 0.3 is 0 Å². The van der Waals surface area contributed by atoms with E-state index in [2.05, 4.69) is 50.1 Å². The molecule has 0 N–H and O–H groups in total. The second kappa shape index (κ2) is 9.57. The number of likely N-dealkylation sites (tertiary alicyclic amines) is 1. The van der Waals surface area contributed by atoms with Crippen LogP contribution in [0.25, 0.3) is 22.1 Å². The molecule has 6 nitrogen and oxygen atoms in total. The molecule has 2 aromatic heterocycles. The van der Waals surface area contributed by atoms with Gasteiger partial charge in [-0.15, -0.1) is 29.9 Å². The molecule has 0 amide bonds. The Bertz CT molecular complexity index is 1070. The second-order valence-corrected chi connectivity index (χ2v) is 7.31. The van der Waals surface area contributed by atoms with Crippen LogP contribution in [0.4, 0.5) is 0 Å². The van der Waals surface area contributed by atoms with E-state index in [1.807, 2.05) is 22.9 Å². The first-order chi connectivity index (χ1) is 13.4. The minimum atomic E-state index is 0. The zero-order valence-electron chi connectivity index (χ0n) is 16.3. The average molecular weight is 433 g/mol. The van der Waals surface area contributed by atoms with Crippen LogP contribution in [0.15, 0.2) is 48.5 Å².